The minimum atomic E-state index is -0.790. The van der Waals surface area contributed by atoms with Crippen LogP contribution in [0.2, 0.25) is 0 Å². The van der Waals surface area contributed by atoms with Crippen molar-refractivity contribution in [1.29, 1.82) is 0 Å². The number of hydrogen-bond acceptors (Lipinski definition) is 14. The lowest BCUT2D eigenvalue weighted by Crippen LogP contribution is -2.37. The molecule has 0 atom stereocenters. The Morgan fingerprint density at radius 2 is 1.17 bits per heavy atom. The molecule has 48 heavy (non-hydrogen) atoms. The molecule has 2 aromatic carbocycles. The molecular weight excluding hydrogens is 616 g/mol. The first-order valence-corrected chi connectivity index (χ1v) is 15.7. The Kier molecular flexibility index (Phi) is 9.98. The lowest BCUT2D eigenvalue weighted by Gasteiger charge is -2.25. The number of rotatable bonds is 14. The molecule has 0 radical (unpaired) electrons. The number of aryl methyl sites for hydroxylation is 2. The minimum absolute atomic E-state index is 0.156. The van der Waals surface area contributed by atoms with Gasteiger partial charge in [-0.25, -0.2) is 28.9 Å². The molecule has 4 heterocycles. The van der Waals surface area contributed by atoms with Crippen LogP contribution in [0.3, 0.4) is 0 Å². The van der Waals surface area contributed by atoms with Crippen molar-refractivity contribution in [3.05, 3.63) is 73.3 Å². The zero-order valence-electron chi connectivity index (χ0n) is 26.7. The van der Waals surface area contributed by atoms with Gasteiger partial charge in [0, 0.05) is 49.5 Å². The summed E-state index contributed by atoms with van der Waals surface area (Å²) in [6, 6.07) is 14.8. The van der Waals surface area contributed by atoms with Crippen molar-refractivity contribution in [3.8, 4) is 22.8 Å². The van der Waals surface area contributed by atoms with Gasteiger partial charge in [0.05, 0.1) is 24.5 Å². The number of nitrogens with zero attached hydrogens (tertiary/aromatic N) is 10. The maximum Gasteiger partial charge on any atom is 0.356 e. The van der Waals surface area contributed by atoms with Crippen LogP contribution >= 0.6 is 0 Å². The fourth-order valence-corrected chi connectivity index (χ4v) is 5.29. The van der Waals surface area contributed by atoms with E-state index in [2.05, 4.69) is 40.8 Å². The minimum Gasteiger partial charge on any atom is -0.370 e. The fraction of sp³-hybridized carbons (Fsp3) is 0.312. The summed E-state index contributed by atoms with van der Waals surface area (Å²) >= 11 is 0. The first kappa shape index (κ1) is 31.9. The molecule has 0 unspecified atom stereocenters. The molecule has 0 aliphatic carbocycles. The number of hydrogen-bond donors (Lipinski definition) is 2. The lowest BCUT2D eigenvalue weighted by molar-refractivity contribution is -0.141. The highest BCUT2D eigenvalue weighted by Gasteiger charge is 2.24. The van der Waals surface area contributed by atoms with Crippen LogP contribution in [0.25, 0.3) is 22.8 Å². The van der Waals surface area contributed by atoms with E-state index >= 15 is 0 Å². The second kappa shape index (κ2) is 15.0. The van der Waals surface area contributed by atoms with Crippen molar-refractivity contribution in [2.75, 3.05) is 49.4 Å². The molecule has 2 aliphatic heterocycles. The first-order chi connectivity index (χ1) is 23.5. The number of aromatic nitrogens is 6. The van der Waals surface area contributed by atoms with Crippen molar-refractivity contribution in [2.24, 2.45) is 9.98 Å². The van der Waals surface area contributed by atoms with E-state index in [0.29, 0.717) is 85.1 Å². The molecule has 248 valence electrons. The molecular formula is C32H36N12O4. The number of nitrogens with one attached hydrogen (secondary N) is 2. The largest absolute Gasteiger partial charge is 0.370 e. The Morgan fingerprint density at radius 1 is 0.729 bits per heavy atom. The molecule has 2 aliphatic rings. The standard InChI is InChI=1S/C32H36N12O4/c1-3-41-31(37-21-39-41)23-9-5-7-11-25(23)43(19-27-33-15-16-34-27)47-29(45)13-14-30(46)48-44(20-28-35-17-18-36-28)26-12-8-6-10-24(26)32-38-22-40-42(32)4-2/h5-14,21-22H,3-4,15-20H2,1-2H3,(H,33,34)(H,35,36)/b14-13+. The smallest absolute Gasteiger partial charge is 0.356 e. The number of amidine groups is 2. The van der Waals surface area contributed by atoms with Gasteiger partial charge in [-0.1, -0.05) is 24.3 Å². The SMILES string of the molecule is CCn1ncnc1-c1ccccc1N(CC1=NCCN1)OC(=O)/C=C/C(=O)ON(CC1=NCCN1)c1ccccc1-c1ncnn1CC. The fourth-order valence-electron chi connectivity index (χ4n) is 5.29. The van der Waals surface area contributed by atoms with E-state index in [0.717, 1.165) is 12.2 Å². The van der Waals surface area contributed by atoms with E-state index in [1.165, 1.54) is 22.8 Å². The summed E-state index contributed by atoms with van der Waals surface area (Å²) in [5.74, 6) is 0.982. The van der Waals surface area contributed by atoms with E-state index in [1.54, 1.807) is 9.36 Å². The molecule has 2 N–H and O–H groups in total. The third-order valence-corrected chi connectivity index (χ3v) is 7.49. The van der Waals surface area contributed by atoms with Crippen LogP contribution in [-0.4, -0.2) is 92.4 Å². The summed E-state index contributed by atoms with van der Waals surface area (Å²) in [4.78, 5) is 55.9. The Bertz CT molecular complexity index is 1710. The molecule has 0 amide bonds. The first-order valence-electron chi connectivity index (χ1n) is 15.7. The van der Waals surface area contributed by atoms with Crippen LogP contribution in [0.15, 0.2) is 83.3 Å². The van der Waals surface area contributed by atoms with Gasteiger partial charge < -0.3 is 20.3 Å². The Labute approximate surface area is 276 Å². The molecule has 0 saturated carbocycles. The zero-order chi connectivity index (χ0) is 33.3. The molecule has 0 fully saturated rings. The van der Waals surface area contributed by atoms with Gasteiger partial charge in [0.15, 0.2) is 11.6 Å². The van der Waals surface area contributed by atoms with Crippen LogP contribution in [-0.2, 0) is 32.4 Å². The van der Waals surface area contributed by atoms with E-state index in [1.807, 2.05) is 62.4 Å². The maximum absolute atomic E-state index is 13.2. The summed E-state index contributed by atoms with van der Waals surface area (Å²) in [5, 5.41) is 17.8. The average Bonchev–Trinajstić information content (AvgIpc) is 3.95. The molecule has 16 heteroatoms. The molecule has 16 nitrogen and oxygen atoms in total. The summed E-state index contributed by atoms with van der Waals surface area (Å²) in [6.07, 6.45) is 5.02. The highest BCUT2D eigenvalue weighted by molar-refractivity contribution is 5.95. The Balaban J connectivity index is 1.22. The quantitative estimate of drug-likeness (QED) is 0.150. The van der Waals surface area contributed by atoms with E-state index in [9.17, 15) is 9.59 Å². The van der Waals surface area contributed by atoms with Crippen molar-refractivity contribution < 1.29 is 19.3 Å². The maximum atomic E-state index is 13.2. The lowest BCUT2D eigenvalue weighted by atomic mass is 10.1. The van der Waals surface area contributed by atoms with Gasteiger partial charge in [-0.3, -0.25) is 9.98 Å². The molecule has 0 spiro atoms. The van der Waals surface area contributed by atoms with Gasteiger partial charge >= 0.3 is 11.9 Å². The molecule has 4 aromatic rings. The number of benzene rings is 2. The van der Waals surface area contributed by atoms with Gasteiger partial charge in [0.1, 0.15) is 37.4 Å². The third kappa shape index (κ3) is 7.32. The zero-order valence-corrected chi connectivity index (χ0v) is 26.7. The summed E-state index contributed by atoms with van der Waals surface area (Å²) < 4.78 is 3.51. The molecule has 6 rings (SSSR count). The number of para-hydroxylation sites is 2. The third-order valence-electron chi connectivity index (χ3n) is 7.49. The number of anilines is 2. The number of carbonyl (C=O) groups excluding carboxylic acids is 2. The summed E-state index contributed by atoms with van der Waals surface area (Å²) in [7, 11) is 0. The predicted octanol–water partition coefficient (Wildman–Crippen LogP) is 2.03. The Hall–Kier alpha value is -6.06. The Morgan fingerprint density at radius 3 is 1.56 bits per heavy atom. The highest BCUT2D eigenvalue weighted by atomic mass is 16.7. The highest BCUT2D eigenvalue weighted by Crippen LogP contribution is 2.31. The van der Waals surface area contributed by atoms with Crippen molar-refractivity contribution in [3.63, 3.8) is 0 Å². The van der Waals surface area contributed by atoms with E-state index < -0.39 is 11.9 Å². The van der Waals surface area contributed by atoms with Crippen molar-refractivity contribution in [2.45, 2.75) is 26.9 Å². The van der Waals surface area contributed by atoms with Crippen LogP contribution < -0.4 is 20.8 Å². The van der Waals surface area contributed by atoms with Crippen molar-refractivity contribution in [1.82, 2.24) is 40.2 Å². The van der Waals surface area contributed by atoms with Crippen LogP contribution in [0, 0.1) is 0 Å². The van der Waals surface area contributed by atoms with Gasteiger partial charge in [0.2, 0.25) is 0 Å². The second-order valence-electron chi connectivity index (χ2n) is 10.6. The van der Waals surface area contributed by atoms with Crippen molar-refractivity contribution >= 4 is 35.0 Å². The topological polar surface area (TPSA) is 169 Å². The van der Waals surface area contributed by atoms with E-state index in [-0.39, 0.29) is 13.1 Å². The molecule has 0 saturated heterocycles. The molecule has 0 bridgehead atoms. The molecule has 2 aromatic heterocycles. The summed E-state index contributed by atoms with van der Waals surface area (Å²) in [6.45, 7) is 8.06. The van der Waals surface area contributed by atoms with Crippen LogP contribution in [0.1, 0.15) is 13.8 Å². The number of carbonyl (C=O) groups is 2. The van der Waals surface area contributed by atoms with Gasteiger partial charge in [-0.05, 0) is 38.1 Å². The normalized spacial score (nSPS) is 13.9. The monoisotopic (exact) mass is 652 g/mol. The second-order valence-corrected chi connectivity index (χ2v) is 10.6. The van der Waals surface area contributed by atoms with E-state index in [4.69, 9.17) is 9.68 Å². The number of aliphatic imine (C=N–C) groups is 2. The predicted molar refractivity (Wildman–Crippen MR) is 179 cm³/mol. The van der Waals surface area contributed by atoms with Gasteiger partial charge in [0.25, 0.3) is 0 Å². The number of hydroxylamine groups is 2. The van der Waals surface area contributed by atoms with Gasteiger partial charge in [-0.2, -0.15) is 20.3 Å². The van der Waals surface area contributed by atoms with Crippen LogP contribution in [0.5, 0.6) is 0 Å². The summed E-state index contributed by atoms with van der Waals surface area (Å²) in [5.41, 5.74) is 2.58. The van der Waals surface area contributed by atoms with Crippen LogP contribution in [0.4, 0.5) is 11.4 Å². The average molecular weight is 653 g/mol. The van der Waals surface area contributed by atoms with Gasteiger partial charge in [-0.15, -0.1) is 0 Å².